The third-order valence-corrected chi connectivity index (χ3v) is 4.57. The van der Waals surface area contributed by atoms with E-state index in [2.05, 4.69) is 4.40 Å². The first kappa shape index (κ1) is 17.1. The summed E-state index contributed by atoms with van der Waals surface area (Å²) in [6, 6.07) is 2.79. The van der Waals surface area contributed by atoms with Crippen molar-refractivity contribution >= 4 is 21.9 Å². The summed E-state index contributed by atoms with van der Waals surface area (Å²) < 4.78 is 59.2. The summed E-state index contributed by atoms with van der Waals surface area (Å²) in [5.74, 6) is -2.24. The van der Waals surface area contributed by atoms with E-state index in [-0.39, 0.29) is 23.4 Å². The van der Waals surface area contributed by atoms with Crippen LogP contribution in [0.1, 0.15) is 19.4 Å². The van der Waals surface area contributed by atoms with E-state index in [9.17, 15) is 22.0 Å². The van der Waals surface area contributed by atoms with Crippen molar-refractivity contribution in [2.75, 3.05) is 6.54 Å². The number of nitrogens with zero attached hydrogens (tertiary/aromatic N) is 2. The molecule has 1 aromatic carbocycles. The van der Waals surface area contributed by atoms with Crippen molar-refractivity contribution in [3.8, 4) is 0 Å². The summed E-state index contributed by atoms with van der Waals surface area (Å²) in [4.78, 5) is 12.0. The molecule has 0 amide bonds. The van der Waals surface area contributed by atoms with Gasteiger partial charge in [-0.2, -0.15) is 8.42 Å². The molecule has 0 fully saturated rings. The molecule has 0 saturated heterocycles. The minimum Gasteiger partial charge on any atom is -0.457 e. The number of halogens is 2. The SMILES string of the molecule is CCN1C=C(C(=O)OCc2cc(F)ccc2F)C(C)=NS1(=O)=O. The van der Waals surface area contributed by atoms with E-state index in [1.165, 1.54) is 6.92 Å². The van der Waals surface area contributed by atoms with Crippen molar-refractivity contribution < 1.29 is 26.7 Å². The minimum atomic E-state index is -3.84. The Morgan fingerprint density at radius 3 is 2.70 bits per heavy atom. The highest BCUT2D eigenvalue weighted by Crippen LogP contribution is 2.18. The predicted molar refractivity (Wildman–Crippen MR) is 78.6 cm³/mol. The van der Waals surface area contributed by atoms with Crippen LogP contribution in [0.5, 0.6) is 0 Å². The van der Waals surface area contributed by atoms with Crippen LogP contribution in [0, 0.1) is 11.6 Å². The van der Waals surface area contributed by atoms with Crippen LogP contribution < -0.4 is 0 Å². The fourth-order valence-electron chi connectivity index (χ4n) is 1.91. The number of ether oxygens (including phenoxy) is 1. The van der Waals surface area contributed by atoms with Crippen molar-refractivity contribution in [1.82, 2.24) is 4.31 Å². The van der Waals surface area contributed by atoms with Gasteiger partial charge in [-0.25, -0.2) is 13.6 Å². The molecule has 0 bridgehead atoms. The molecule has 9 heteroatoms. The number of carbonyl (C=O) groups excluding carboxylic acids is 1. The predicted octanol–water partition coefficient (Wildman–Crippen LogP) is 1.93. The zero-order valence-electron chi connectivity index (χ0n) is 12.4. The second-order valence-corrected chi connectivity index (χ2v) is 6.26. The van der Waals surface area contributed by atoms with Gasteiger partial charge in [-0.05, 0) is 32.0 Å². The molecule has 0 radical (unpaired) electrons. The van der Waals surface area contributed by atoms with Crippen molar-refractivity contribution in [3.05, 3.63) is 47.2 Å². The van der Waals surface area contributed by atoms with Crippen LogP contribution in [0.2, 0.25) is 0 Å². The van der Waals surface area contributed by atoms with Crippen LogP contribution in [0.3, 0.4) is 0 Å². The normalized spacial score (nSPS) is 16.6. The molecule has 2 rings (SSSR count). The number of benzene rings is 1. The van der Waals surface area contributed by atoms with Crippen LogP contribution in [-0.2, 0) is 26.3 Å². The van der Waals surface area contributed by atoms with Crippen LogP contribution in [0.4, 0.5) is 8.78 Å². The Morgan fingerprint density at radius 1 is 1.35 bits per heavy atom. The van der Waals surface area contributed by atoms with Crippen LogP contribution in [0.25, 0.3) is 0 Å². The van der Waals surface area contributed by atoms with Gasteiger partial charge >= 0.3 is 16.2 Å². The molecule has 124 valence electrons. The summed E-state index contributed by atoms with van der Waals surface area (Å²) in [7, 11) is -3.84. The van der Waals surface area contributed by atoms with Crippen molar-refractivity contribution in [1.29, 1.82) is 0 Å². The maximum atomic E-state index is 13.5. The van der Waals surface area contributed by atoms with E-state index in [0.717, 1.165) is 28.7 Å². The first-order valence-corrected chi connectivity index (χ1v) is 8.06. The molecule has 1 heterocycles. The average molecular weight is 344 g/mol. The van der Waals surface area contributed by atoms with E-state index in [1.54, 1.807) is 6.92 Å². The Balaban J connectivity index is 2.16. The third kappa shape index (κ3) is 3.73. The Labute approximate surface area is 132 Å². The van der Waals surface area contributed by atoms with Gasteiger partial charge in [0.15, 0.2) is 0 Å². The summed E-state index contributed by atoms with van der Waals surface area (Å²) in [6.45, 7) is 2.54. The fraction of sp³-hybridized carbons (Fsp3) is 0.286. The highest BCUT2D eigenvalue weighted by molar-refractivity contribution is 7.88. The molecule has 0 unspecified atom stereocenters. The largest absolute Gasteiger partial charge is 0.457 e. The van der Waals surface area contributed by atoms with Gasteiger partial charge in [0.05, 0.1) is 11.3 Å². The second-order valence-electron chi connectivity index (χ2n) is 4.71. The first-order chi connectivity index (χ1) is 10.7. The molecule has 0 atom stereocenters. The summed E-state index contributed by atoms with van der Waals surface area (Å²) in [5.41, 5.74) is -0.206. The molecular weight excluding hydrogens is 330 g/mol. The molecule has 0 spiro atoms. The maximum Gasteiger partial charge on any atom is 0.344 e. The quantitative estimate of drug-likeness (QED) is 0.782. The summed E-state index contributed by atoms with van der Waals surface area (Å²) in [6.07, 6.45) is 1.11. The average Bonchev–Trinajstić information content (AvgIpc) is 2.47. The lowest BCUT2D eigenvalue weighted by Crippen LogP contribution is -2.31. The number of rotatable bonds is 4. The van der Waals surface area contributed by atoms with Crippen molar-refractivity contribution in [2.24, 2.45) is 4.40 Å². The van der Waals surface area contributed by atoms with Gasteiger partial charge in [0.1, 0.15) is 18.2 Å². The maximum absolute atomic E-state index is 13.5. The van der Waals surface area contributed by atoms with Gasteiger partial charge in [-0.3, -0.25) is 4.31 Å². The lowest BCUT2D eigenvalue weighted by molar-refractivity contribution is -0.139. The minimum absolute atomic E-state index is 0.0283. The number of esters is 1. The van der Waals surface area contributed by atoms with Gasteiger partial charge < -0.3 is 4.74 Å². The lowest BCUT2D eigenvalue weighted by atomic mass is 10.2. The molecular formula is C14H14F2N2O4S. The molecule has 1 aliphatic rings. The molecule has 0 N–H and O–H groups in total. The van der Waals surface area contributed by atoms with Crippen LogP contribution in [0.15, 0.2) is 34.4 Å². The lowest BCUT2D eigenvalue weighted by Gasteiger charge is -2.21. The molecule has 0 aliphatic carbocycles. The van der Waals surface area contributed by atoms with E-state index in [1.807, 2.05) is 0 Å². The van der Waals surface area contributed by atoms with Gasteiger partial charge in [-0.15, -0.1) is 4.40 Å². The number of hydrogen-bond donors (Lipinski definition) is 0. The van der Waals surface area contributed by atoms with Gasteiger partial charge in [0.25, 0.3) is 0 Å². The van der Waals surface area contributed by atoms with Gasteiger partial charge in [0, 0.05) is 18.3 Å². The highest BCUT2D eigenvalue weighted by atomic mass is 32.2. The smallest absolute Gasteiger partial charge is 0.344 e. The zero-order valence-corrected chi connectivity index (χ0v) is 13.2. The highest BCUT2D eigenvalue weighted by Gasteiger charge is 2.27. The Morgan fingerprint density at radius 2 is 2.04 bits per heavy atom. The third-order valence-electron chi connectivity index (χ3n) is 3.11. The van der Waals surface area contributed by atoms with Crippen LogP contribution in [-0.4, -0.2) is 30.9 Å². The van der Waals surface area contributed by atoms with E-state index < -0.39 is 34.4 Å². The standard InChI is InChI=1S/C14H14F2N2O4S/c1-3-18-7-12(9(2)17-23(18,20)21)14(19)22-8-10-6-11(15)4-5-13(10)16/h4-7H,3,8H2,1-2H3. The molecule has 1 aromatic rings. The summed E-state index contributed by atoms with van der Waals surface area (Å²) >= 11 is 0. The molecule has 1 aliphatic heterocycles. The summed E-state index contributed by atoms with van der Waals surface area (Å²) in [5, 5.41) is 0. The topological polar surface area (TPSA) is 76.0 Å². The van der Waals surface area contributed by atoms with E-state index in [4.69, 9.17) is 4.74 Å². The molecule has 0 aromatic heterocycles. The monoisotopic (exact) mass is 344 g/mol. The molecule has 23 heavy (non-hydrogen) atoms. The van der Waals surface area contributed by atoms with Crippen LogP contribution >= 0.6 is 0 Å². The second kappa shape index (κ2) is 6.45. The fourth-order valence-corrected chi connectivity index (χ4v) is 3.02. The van der Waals surface area contributed by atoms with E-state index >= 15 is 0 Å². The number of hydrogen-bond acceptors (Lipinski definition) is 4. The number of carbonyl (C=O) groups is 1. The van der Waals surface area contributed by atoms with Gasteiger partial charge in [0.2, 0.25) is 0 Å². The Kier molecular flexibility index (Phi) is 4.79. The molecule has 0 saturated carbocycles. The van der Waals surface area contributed by atoms with Crippen molar-refractivity contribution in [2.45, 2.75) is 20.5 Å². The zero-order chi connectivity index (χ0) is 17.2. The van der Waals surface area contributed by atoms with Gasteiger partial charge in [-0.1, -0.05) is 0 Å². The Hall–Kier alpha value is -2.29. The Bertz CT molecular complexity index is 803. The molecule has 6 nitrogen and oxygen atoms in total. The van der Waals surface area contributed by atoms with Crippen molar-refractivity contribution in [3.63, 3.8) is 0 Å². The van der Waals surface area contributed by atoms with E-state index in [0.29, 0.717) is 0 Å². The first-order valence-electron chi connectivity index (χ1n) is 6.66.